The lowest BCUT2D eigenvalue weighted by Gasteiger charge is -2.20. The Morgan fingerprint density at radius 2 is 2.00 bits per heavy atom. The molecule has 0 amide bonds. The summed E-state index contributed by atoms with van der Waals surface area (Å²) in [5.41, 5.74) is 0.645. The van der Waals surface area contributed by atoms with E-state index in [0.717, 1.165) is 5.39 Å². The zero-order valence-corrected chi connectivity index (χ0v) is 14.6. The Morgan fingerprint density at radius 3 is 2.58 bits per heavy atom. The molecule has 0 unspecified atom stereocenters. The maximum absolute atomic E-state index is 12.5. The molecule has 0 aliphatic heterocycles. The second kappa shape index (κ2) is 7.20. The van der Waals surface area contributed by atoms with Crippen LogP contribution in [0.15, 0.2) is 42.6 Å². The van der Waals surface area contributed by atoms with Gasteiger partial charge >= 0.3 is 6.09 Å². The molecule has 5 heteroatoms. The van der Waals surface area contributed by atoms with Crippen molar-refractivity contribution < 1.29 is 19.7 Å². The van der Waals surface area contributed by atoms with Gasteiger partial charge in [0.25, 0.3) is 0 Å². The van der Waals surface area contributed by atoms with Gasteiger partial charge in [0, 0.05) is 23.1 Å². The first-order valence-electron chi connectivity index (χ1n) is 8.03. The summed E-state index contributed by atoms with van der Waals surface area (Å²) in [6.07, 6.45) is 3.72. The normalized spacial score (nSPS) is 14.9. The minimum absolute atomic E-state index is 0.183. The van der Waals surface area contributed by atoms with Gasteiger partial charge < -0.3 is 14.9 Å². The molecule has 2 atom stereocenters. The van der Waals surface area contributed by atoms with Crippen LogP contribution in [0.4, 0.5) is 4.79 Å². The lowest BCUT2D eigenvalue weighted by molar-refractivity contribution is 0.0543. The molecule has 0 aliphatic carbocycles. The van der Waals surface area contributed by atoms with E-state index in [0.29, 0.717) is 11.1 Å². The van der Waals surface area contributed by atoms with Crippen molar-refractivity contribution in [3.05, 3.63) is 48.2 Å². The van der Waals surface area contributed by atoms with Crippen molar-refractivity contribution >= 4 is 17.0 Å². The second-order valence-corrected chi connectivity index (χ2v) is 6.77. The van der Waals surface area contributed by atoms with Gasteiger partial charge in [-0.2, -0.15) is 0 Å². The maximum Gasteiger partial charge on any atom is 0.419 e. The molecule has 0 saturated heterocycles. The fourth-order valence-corrected chi connectivity index (χ4v) is 2.65. The van der Waals surface area contributed by atoms with Crippen LogP contribution < -0.4 is 0 Å². The SMILES string of the molecule is C/C=C/[C@H](CO)[C@@H](O)c1cn(C(=O)OC(C)(C)C)c2ccccc12. The number of hydrogen-bond donors (Lipinski definition) is 2. The number of carbonyl (C=O) groups excluding carboxylic acids is 1. The van der Waals surface area contributed by atoms with Gasteiger partial charge in [0.15, 0.2) is 0 Å². The molecule has 2 N–H and O–H groups in total. The van der Waals surface area contributed by atoms with Crippen molar-refractivity contribution in [3.8, 4) is 0 Å². The molecule has 0 spiro atoms. The molecule has 0 aliphatic rings. The molecule has 1 heterocycles. The summed E-state index contributed by atoms with van der Waals surface area (Å²) in [4.78, 5) is 12.5. The Hall–Kier alpha value is -2.11. The summed E-state index contributed by atoms with van der Waals surface area (Å²) in [5, 5.41) is 20.9. The van der Waals surface area contributed by atoms with E-state index in [9.17, 15) is 15.0 Å². The van der Waals surface area contributed by atoms with Gasteiger partial charge in [-0.25, -0.2) is 4.79 Å². The van der Waals surface area contributed by atoms with Crippen LogP contribution >= 0.6 is 0 Å². The Morgan fingerprint density at radius 1 is 1.33 bits per heavy atom. The van der Waals surface area contributed by atoms with Crippen LogP contribution in [-0.2, 0) is 4.74 Å². The molecule has 0 bridgehead atoms. The van der Waals surface area contributed by atoms with Crippen molar-refractivity contribution in [1.82, 2.24) is 4.57 Å². The lowest BCUT2D eigenvalue weighted by Crippen LogP contribution is -2.26. The molecule has 2 rings (SSSR count). The molecular weight excluding hydrogens is 306 g/mol. The quantitative estimate of drug-likeness (QED) is 0.839. The van der Waals surface area contributed by atoms with Gasteiger partial charge in [-0.15, -0.1) is 0 Å². The van der Waals surface area contributed by atoms with Crippen LogP contribution in [0.2, 0.25) is 0 Å². The van der Waals surface area contributed by atoms with Crippen molar-refractivity contribution in [3.63, 3.8) is 0 Å². The summed E-state index contributed by atoms with van der Waals surface area (Å²) < 4.78 is 6.84. The number of rotatable bonds is 4. The van der Waals surface area contributed by atoms with Gasteiger partial charge in [-0.3, -0.25) is 4.57 Å². The molecule has 130 valence electrons. The minimum atomic E-state index is -0.917. The first kappa shape index (κ1) is 18.2. The third-order valence-electron chi connectivity index (χ3n) is 3.71. The molecule has 5 nitrogen and oxygen atoms in total. The highest BCUT2D eigenvalue weighted by Gasteiger charge is 2.25. The van der Waals surface area contributed by atoms with E-state index in [1.54, 1.807) is 45.2 Å². The van der Waals surface area contributed by atoms with E-state index < -0.39 is 23.7 Å². The number of allylic oxidation sites excluding steroid dienone is 1. The molecule has 0 fully saturated rings. The zero-order valence-electron chi connectivity index (χ0n) is 14.6. The summed E-state index contributed by atoms with van der Waals surface area (Å²) in [6.45, 7) is 7.07. The number of aliphatic hydroxyl groups excluding tert-OH is 2. The average molecular weight is 331 g/mol. The number of hydrogen-bond acceptors (Lipinski definition) is 4. The summed E-state index contributed by atoms with van der Waals surface area (Å²) in [6, 6.07) is 7.33. The topological polar surface area (TPSA) is 71.7 Å². The molecule has 1 aromatic carbocycles. The van der Waals surface area contributed by atoms with Crippen LogP contribution in [0.3, 0.4) is 0 Å². The minimum Gasteiger partial charge on any atom is -0.443 e. The molecule has 0 saturated carbocycles. The van der Waals surface area contributed by atoms with Crippen LogP contribution in [0.5, 0.6) is 0 Å². The van der Waals surface area contributed by atoms with E-state index in [4.69, 9.17) is 4.74 Å². The van der Waals surface area contributed by atoms with Gasteiger partial charge in [0.2, 0.25) is 0 Å². The first-order valence-corrected chi connectivity index (χ1v) is 8.03. The largest absolute Gasteiger partial charge is 0.443 e. The molecule has 0 radical (unpaired) electrons. The summed E-state index contributed by atoms with van der Waals surface area (Å²) in [7, 11) is 0. The Kier molecular flexibility index (Phi) is 5.47. The van der Waals surface area contributed by atoms with E-state index in [-0.39, 0.29) is 6.61 Å². The molecule has 1 aromatic heterocycles. The number of nitrogens with zero attached hydrogens (tertiary/aromatic N) is 1. The standard InChI is InChI=1S/C19H25NO4/c1-5-8-13(12-21)17(22)15-11-20(18(23)24-19(2,3)4)16-10-7-6-9-14(15)16/h5-11,13,17,21-22H,12H2,1-4H3/b8-5+/t13-,17-/m1/s1. The van der Waals surface area contributed by atoms with E-state index in [1.807, 2.05) is 25.1 Å². The average Bonchev–Trinajstić information content (AvgIpc) is 2.90. The number of ether oxygens (including phenoxy) is 1. The van der Waals surface area contributed by atoms with Gasteiger partial charge in [0.1, 0.15) is 5.60 Å². The van der Waals surface area contributed by atoms with Crippen molar-refractivity contribution in [1.29, 1.82) is 0 Å². The fraction of sp³-hybridized carbons (Fsp3) is 0.421. The number of aromatic nitrogens is 1. The third-order valence-corrected chi connectivity index (χ3v) is 3.71. The monoisotopic (exact) mass is 331 g/mol. The summed E-state index contributed by atoms with van der Waals surface area (Å²) in [5.74, 6) is -0.437. The van der Waals surface area contributed by atoms with Crippen molar-refractivity contribution in [2.24, 2.45) is 5.92 Å². The first-order chi connectivity index (χ1) is 11.3. The highest BCUT2D eigenvalue weighted by molar-refractivity contribution is 5.92. The molecular formula is C19H25NO4. The number of carbonyl (C=O) groups is 1. The van der Waals surface area contributed by atoms with Gasteiger partial charge in [0.05, 0.1) is 18.2 Å². The highest BCUT2D eigenvalue weighted by Crippen LogP contribution is 2.31. The van der Waals surface area contributed by atoms with Gasteiger partial charge in [-0.1, -0.05) is 30.4 Å². The van der Waals surface area contributed by atoms with Crippen LogP contribution in [0, 0.1) is 5.92 Å². The fourth-order valence-electron chi connectivity index (χ4n) is 2.65. The van der Waals surface area contributed by atoms with Crippen LogP contribution in [-0.4, -0.2) is 33.1 Å². The number of para-hydroxylation sites is 1. The number of benzene rings is 1. The van der Waals surface area contributed by atoms with Gasteiger partial charge in [-0.05, 0) is 33.8 Å². The van der Waals surface area contributed by atoms with Crippen LogP contribution in [0.25, 0.3) is 10.9 Å². The second-order valence-electron chi connectivity index (χ2n) is 6.77. The number of aliphatic hydroxyl groups is 2. The predicted octanol–water partition coefficient (Wildman–Crippen LogP) is 3.64. The molecule has 24 heavy (non-hydrogen) atoms. The van der Waals surface area contributed by atoms with E-state index in [2.05, 4.69) is 0 Å². The maximum atomic E-state index is 12.5. The third kappa shape index (κ3) is 3.86. The highest BCUT2D eigenvalue weighted by atomic mass is 16.6. The smallest absolute Gasteiger partial charge is 0.419 e. The number of fused-ring (bicyclic) bond motifs is 1. The summed E-state index contributed by atoms with van der Waals surface area (Å²) >= 11 is 0. The van der Waals surface area contributed by atoms with Crippen molar-refractivity contribution in [2.45, 2.75) is 39.4 Å². The lowest BCUT2D eigenvalue weighted by atomic mass is 9.95. The van der Waals surface area contributed by atoms with E-state index in [1.165, 1.54) is 4.57 Å². The predicted molar refractivity (Wildman–Crippen MR) is 93.9 cm³/mol. The van der Waals surface area contributed by atoms with Crippen LogP contribution in [0.1, 0.15) is 39.4 Å². The van der Waals surface area contributed by atoms with E-state index >= 15 is 0 Å². The zero-order chi connectivity index (χ0) is 17.9. The van der Waals surface area contributed by atoms with Crippen molar-refractivity contribution in [2.75, 3.05) is 6.61 Å². The molecule has 2 aromatic rings. The Balaban J connectivity index is 2.51. The Bertz CT molecular complexity index is 739. The Labute approximate surface area is 142 Å².